The first-order chi connectivity index (χ1) is 20.0. The minimum atomic E-state index is -1.17. The molecule has 0 aromatic carbocycles. The molecule has 0 radical (unpaired) electrons. The van der Waals surface area contributed by atoms with Gasteiger partial charge in [0.2, 0.25) is 0 Å². The molecule has 6 nitrogen and oxygen atoms in total. The van der Waals surface area contributed by atoms with Gasteiger partial charge in [-0.1, -0.05) is 64.7 Å². The number of pyridine rings is 1. The molecule has 1 aromatic heterocycles. The van der Waals surface area contributed by atoms with Crippen molar-refractivity contribution < 1.29 is 19.4 Å². The summed E-state index contributed by atoms with van der Waals surface area (Å²) in [6.07, 6.45) is 11.2. The van der Waals surface area contributed by atoms with Gasteiger partial charge in [0.15, 0.2) is 0 Å². The van der Waals surface area contributed by atoms with Gasteiger partial charge in [0.1, 0.15) is 11.7 Å². The van der Waals surface area contributed by atoms with Gasteiger partial charge in [-0.2, -0.15) is 0 Å². The number of nitrogens with zero attached hydrogens (tertiary/aromatic N) is 2. The van der Waals surface area contributed by atoms with E-state index in [1.54, 1.807) is 0 Å². The Balaban J connectivity index is 1.39. The second-order valence-corrected chi connectivity index (χ2v) is 15.1. The molecule has 1 aromatic rings. The van der Waals surface area contributed by atoms with Gasteiger partial charge in [0.05, 0.1) is 23.3 Å². The summed E-state index contributed by atoms with van der Waals surface area (Å²) in [5.41, 5.74) is 0.533. The van der Waals surface area contributed by atoms with E-state index < -0.39 is 22.2 Å². The van der Waals surface area contributed by atoms with Gasteiger partial charge in [0, 0.05) is 24.2 Å². The Hall–Kier alpha value is -2.05. The fourth-order valence-corrected chi connectivity index (χ4v) is 11.3. The number of allylic oxidation sites excluding steroid dienone is 1. The van der Waals surface area contributed by atoms with Crippen LogP contribution in [0.2, 0.25) is 0 Å². The standard InChI is InChI=1S/C36H52N2O4/c1-7-8-11-25-15-32(42-31(25)20-38(6)19-27-12-9-10-24(5)37-27)35-18-28-23(4)13-14-29(28)34(21-39)17-26(35)16-30(22(2)3)36(34,35)33(40)41/h9-10,12,16,21-23,25-26,28-29,31-32H,7-8,11,13-15,17-20H2,1-6H3,(H,40,41)/t23-,25?,26?,28-,29-,31?,32?,34?,35?,36?/m1/s1. The molecule has 5 aliphatic rings. The monoisotopic (exact) mass is 576 g/mol. The van der Waals surface area contributed by atoms with Gasteiger partial charge < -0.3 is 14.6 Å². The number of ether oxygens (including phenoxy) is 1. The molecule has 4 fully saturated rings. The molecule has 0 amide bonds. The first kappa shape index (κ1) is 30.0. The van der Waals surface area contributed by atoms with Crippen molar-refractivity contribution in [3.63, 3.8) is 0 Å². The highest BCUT2D eigenvalue weighted by molar-refractivity contribution is 5.90. The summed E-state index contributed by atoms with van der Waals surface area (Å²) in [5.74, 6) is 0.839. The maximum atomic E-state index is 14.0. The molecule has 2 heterocycles. The first-order valence-corrected chi connectivity index (χ1v) is 16.7. The van der Waals surface area contributed by atoms with Crippen LogP contribution in [0, 0.1) is 58.7 Å². The maximum Gasteiger partial charge on any atom is 0.315 e. The van der Waals surface area contributed by atoms with Crippen molar-refractivity contribution in [2.24, 2.45) is 51.8 Å². The van der Waals surface area contributed by atoms with E-state index in [1.165, 1.54) is 0 Å². The number of likely N-dealkylation sites (N-methyl/N-ethyl adjacent to an activating group) is 1. The summed E-state index contributed by atoms with van der Waals surface area (Å²) >= 11 is 0. The van der Waals surface area contributed by atoms with Gasteiger partial charge in [-0.05, 0) is 93.7 Å². The zero-order valence-electron chi connectivity index (χ0n) is 26.6. The van der Waals surface area contributed by atoms with Gasteiger partial charge in [-0.3, -0.25) is 14.7 Å². The van der Waals surface area contributed by atoms with Crippen molar-refractivity contribution >= 4 is 12.3 Å². The molecular weight excluding hydrogens is 524 g/mol. The highest BCUT2D eigenvalue weighted by Gasteiger charge is 2.86. The van der Waals surface area contributed by atoms with Crippen LogP contribution >= 0.6 is 0 Å². The van der Waals surface area contributed by atoms with E-state index in [0.717, 1.165) is 81.3 Å². The van der Waals surface area contributed by atoms with Crippen molar-refractivity contribution in [2.75, 3.05) is 13.6 Å². The lowest BCUT2D eigenvalue weighted by atomic mass is 9.41. The molecule has 3 saturated carbocycles. The zero-order chi connectivity index (χ0) is 30.0. The largest absolute Gasteiger partial charge is 0.481 e. The molecule has 1 saturated heterocycles. The van der Waals surface area contributed by atoms with Crippen LogP contribution in [0.25, 0.3) is 0 Å². The highest BCUT2D eigenvalue weighted by atomic mass is 16.5. The van der Waals surface area contributed by atoms with Crippen molar-refractivity contribution in [1.29, 1.82) is 0 Å². The molecule has 4 aliphatic carbocycles. The predicted molar refractivity (Wildman–Crippen MR) is 164 cm³/mol. The zero-order valence-corrected chi connectivity index (χ0v) is 26.6. The molecule has 6 rings (SSSR count). The summed E-state index contributed by atoms with van der Waals surface area (Å²) in [6.45, 7) is 12.4. The maximum absolute atomic E-state index is 14.0. The average Bonchev–Trinajstić information content (AvgIpc) is 3.64. The van der Waals surface area contributed by atoms with Gasteiger partial charge >= 0.3 is 5.97 Å². The minimum Gasteiger partial charge on any atom is -0.481 e. The number of aldehydes is 1. The van der Waals surface area contributed by atoms with Gasteiger partial charge in [-0.25, -0.2) is 0 Å². The second kappa shape index (κ2) is 10.8. The summed E-state index contributed by atoms with van der Waals surface area (Å²) in [6, 6.07) is 6.18. The number of rotatable bonds is 11. The third-order valence-corrected chi connectivity index (χ3v) is 12.8. The number of aliphatic carboxylic acids is 1. The van der Waals surface area contributed by atoms with Crippen molar-refractivity contribution in [3.8, 4) is 0 Å². The number of hydrogen-bond acceptors (Lipinski definition) is 5. The molecule has 1 aliphatic heterocycles. The van der Waals surface area contributed by atoms with E-state index in [4.69, 9.17) is 9.72 Å². The Morgan fingerprint density at radius 2 is 2.05 bits per heavy atom. The minimum absolute atomic E-state index is 0.0448. The fourth-order valence-electron chi connectivity index (χ4n) is 11.3. The van der Waals surface area contributed by atoms with Crippen LogP contribution in [0.4, 0.5) is 0 Å². The number of carbonyl (C=O) groups is 2. The highest BCUT2D eigenvalue weighted by Crippen LogP contribution is 2.84. The molecular formula is C36H52N2O4. The lowest BCUT2D eigenvalue weighted by Crippen LogP contribution is -2.65. The number of aryl methyl sites for hydroxylation is 1. The van der Waals surface area contributed by atoms with E-state index in [9.17, 15) is 14.7 Å². The Bertz CT molecular complexity index is 1240. The lowest BCUT2D eigenvalue weighted by Gasteiger charge is -2.60. The Morgan fingerprint density at radius 3 is 2.71 bits per heavy atom. The van der Waals surface area contributed by atoms with Crippen molar-refractivity contribution in [1.82, 2.24) is 9.88 Å². The third kappa shape index (κ3) is 3.99. The molecule has 6 heteroatoms. The van der Waals surface area contributed by atoms with Crippen LogP contribution in [0.15, 0.2) is 29.8 Å². The lowest BCUT2D eigenvalue weighted by molar-refractivity contribution is -0.197. The number of carboxylic acids is 1. The molecule has 42 heavy (non-hydrogen) atoms. The quantitative estimate of drug-likeness (QED) is 0.233. The molecule has 1 N–H and O–H groups in total. The van der Waals surface area contributed by atoms with Crippen LogP contribution in [0.3, 0.4) is 0 Å². The number of unbranched alkanes of at least 4 members (excludes halogenated alkanes) is 1. The van der Waals surface area contributed by atoms with E-state index in [1.807, 2.05) is 13.0 Å². The second-order valence-electron chi connectivity index (χ2n) is 15.1. The first-order valence-electron chi connectivity index (χ1n) is 16.7. The smallest absolute Gasteiger partial charge is 0.315 e. The molecule has 4 bridgehead atoms. The average molecular weight is 577 g/mol. The molecule has 0 spiro atoms. The van der Waals surface area contributed by atoms with E-state index in [-0.39, 0.29) is 30.0 Å². The number of carboxylic acid groups (broad SMARTS) is 1. The summed E-state index contributed by atoms with van der Waals surface area (Å²) < 4.78 is 7.25. The van der Waals surface area contributed by atoms with Crippen LogP contribution in [0.1, 0.15) is 90.4 Å². The van der Waals surface area contributed by atoms with Crippen molar-refractivity contribution in [3.05, 3.63) is 41.2 Å². The van der Waals surface area contributed by atoms with E-state index in [0.29, 0.717) is 24.2 Å². The predicted octanol–water partition coefficient (Wildman–Crippen LogP) is 6.71. The van der Waals surface area contributed by atoms with Crippen LogP contribution in [-0.4, -0.2) is 53.0 Å². The molecule has 10 atom stereocenters. The number of hydrogen-bond donors (Lipinski definition) is 1. The summed E-state index contributed by atoms with van der Waals surface area (Å²) in [7, 11) is 2.15. The molecule has 7 unspecified atom stereocenters. The topological polar surface area (TPSA) is 79.7 Å². The van der Waals surface area contributed by atoms with Gasteiger partial charge in [0.25, 0.3) is 0 Å². The Morgan fingerprint density at radius 1 is 1.26 bits per heavy atom. The summed E-state index contributed by atoms with van der Waals surface area (Å²) in [5, 5.41) is 11.5. The van der Waals surface area contributed by atoms with Crippen LogP contribution < -0.4 is 0 Å². The number of aromatic nitrogens is 1. The van der Waals surface area contributed by atoms with E-state index in [2.05, 4.69) is 57.9 Å². The van der Waals surface area contributed by atoms with E-state index >= 15 is 0 Å². The molecule has 230 valence electrons. The number of carbonyl (C=O) groups excluding carboxylic acids is 1. The van der Waals surface area contributed by atoms with Crippen LogP contribution in [0.5, 0.6) is 0 Å². The SMILES string of the molecule is CCCCC1CC(C23C[C@@H]4[C@H](C)CC[C@H]4C4(C=O)CC2C=C(C(C)C)C34C(=O)O)OC1CN(C)Cc1cccc(C)n1. The Labute approximate surface area is 252 Å². The van der Waals surface area contributed by atoms with Crippen LogP contribution in [-0.2, 0) is 20.9 Å². The van der Waals surface area contributed by atoms with Gasteiger partial charge in [-0.15, -0.1) is 0 Å². The Kier molecular flexibility index (Phi) is 7.74. The van der Waals surface area contributed by atoms with Crippen molar-refractivity contribution in [2.45, 2.75) is 105 Å². The summed E-state index contributed by atoms with van der Waals surface area (Å²) in [4.78, 5) is 34.5. The number of fused-ring (bicyclic) bond motifs is 2. The normalized spacial score (nSPS) is 41.9. The third-order valence-electron chi connectivity index (χ3n) is 12.8. The fraction of sp³-hybridized carbons (Fsp3) is 0.750.